The van der Waals surface area contributed by atoms with E-state index in [4.69, 9.17) is 38.4 Å². The van der Waals surface area contributed by atoms with Crippen LogP contribution in [0.15, 0.2) is 58.1 Å². The lowest BCUT2D eigenvalue weighted by atomic mass is 10.2. The Bertz CT molecular complexity index is 1240. The van der Waals surface area contributed by atoms with Gasteiger partial charge in [0.05, 0.1) is 18.2 Å². The summed E-state index contributed by atoms with van der Waals surface area (Å²) in [5.41, 5.74) is 5.35. The number of carbonyl (C=O) groups is 1. The molecule has 1 amide bonds. The molecule has 0 saturated carbocycles. The van der Waals surface area contributed by atoms with Crippen molar-refractivity contribution < 1.29 is 14.3 Å². The number of carbonyl (C=O) groups excluding carboxylic acids is 1. The number of halogens is 2. The molecule has 0 fully saturated rings. The highest BCUT2D eigenvalue weighted by atomic mass is 35.5. The summed E-state index contributed by atoms with van der Waals surface area (Å²) < 4.78 is 11.8. The molecule has 9 nitrogen and oxygen atoms in total. The Morgan fingerprint density at radius 1 is 1.12 bits per heavy atom. The van der Waals surface area contributed by atoms with Crippen LogP contribution in [-0.4, -0.2) is 42.3 Å². The summed E-state index contributed by atoms with van der Waals surface area (Å²) in [7, 11) is 1.45. The number of aromatic amines is 1. The van der Waals surface area contributed by atoms with Gasteiger partial charge in [0, 0.05) is 13.7 Å². The van der Waals surface area contributed by atoms with Crippen LogP contribution >= 0.6 is 23.2 Å². The smallest absolute Gasteiger partial charge is 0.330 e. The van der Waals surface area contributed by atoms with Crippen LogP contribution in [0.4, 0.5) is 11.5 Å². The number of rotatable bonds is 9. The summed E-state index contributed by atoms with van der Waals surface area (Å²) >= 11 is 12.1. The number of nitrogens with two attached hydrogens (primary N) is 1. The van der Waals surface area contributed by atoms with Crippen molar-refractivity contribution in [2.75, 3.05) is 37.5 Å². The lowest BCUT2D eigenvalue weighted by molar-refractivity contribution is -0.120. The second kappa shape index (κ2) is 11.0. The van der Waals surface area contributed by atoms with Crippen molar-refractivity contribution in [1.29, 1.82) is 0 Å². The van der Waals surface area contributed by atoms with Gasteiger partial charge < -0.3 is 15.2 Å². The fourth-order valence-corrected chi connectivity index (χ4v) is 3.46. The summed E-state index contributed by atoms with van der Waals surface area (Å²) in [6.07, 6.45) is 0. The minimum absolute atomic E-state index is 0.00120. The molecule has 33 heavy (non-hydrogen) atoms. The molecule has 0 radical (unpaired) electrons. The zero-order chi connectivity index (χ0) is 24.0. The topological polar surface area (TPSA) is 120 Å². The van der Waals surface area contributed by atoms with Crippen LogP contribution in [0.1, 0.15) is 5.56 Å². The highest BCUT2D eigenvalue weighted by Gasteiger charge is 2.25. The van der Waals surface area contributed by atoms with E-state index in [9.17, 15) is 14.4 Å². The highest BCUT2D eigenvalue weighted by Crippen LogP contribution is 2.31. The van der Waals surface area contributed by atoms with Crippen LogP contribution in [0.3, 0.4) is 0 Å². The maximum absolute atomic E-state index is 13.1. The van der Waals surface area contributed by atoms with Gasteiger partial charge in [-0.15, -0.1) is 0 Å². The number of aromatic nitrogens is 2. The maximum Gasteiger partial charge on any atom is 0.330 e. The SMILES string of the molecule is COCCN(C(=O)COc1cccc(Cl)c1Cl)c1c(N)n(Cc2ccccc2)c(=O)[nH]c1=O. The van der Waals surface area contributed by atoms with Gasteiger partial charge in [-0.25, -0.2) is 4.79 Å². The van der Waals surface area contributed by atoms with E-state index in [1.807, 2.05) is 30.3 Å². The average molecular weight is 493 g/mol. The monoisotopic (exact) mass is 492 g/mol. The van der Waals surface area contributed by atoms with Gasteiger partial charge in [-0.3, -0.25) is 24.0 Å². The standard InChI is InChI=1S/C22H22Cl2N4O5/c1-32-11-10-27(17(29)13-33-16-9-5-8-15(23)18(16)24)19-20(25)28(22(31)26-21(19)30)12-14-6-3-2-4-7-14/h2-9H,10-13,25H2,1H3,(H,26,30,31). The fraction of sp³-hybridized carbons (Fsp3) is 0.227. The molecule has 0 bridgehead atoms. The zero-order valence-electron chi connectivity index (χ0n) is 17.7. The molecule has 1 heterocycles. The number of amides is 1. The van der Waals surface area contributed by atoms with Crippen LogP contribution < -0.4 is 26.6 Å². The number of benzene rings is 2. The number of hydrogen-bond donors (Lipinski definition) is 2. The first kappa shape index (κ1) is 24.4. The Labute approximate surface area is 199 Å². The second-order valence-electron chi connectivity index (χ2n) is 6.94. The summed E-state index contributed by atoms with van der Waals surface area (Å²) in [5.74, 6) is -0.539. The maximum atomic E-state index is 13.1. The van der Waals surface area contributed by atoms with E-state index < -0.39 is 23.8 Å². The third-order valence-corrected chi connectivity index (χ3v) is 5.56. The van der Waals surface area contributed by atoms with Gasteiger partial charge in [0.1, 0.15) is 16.6 Å². The Kier molecular flexibility index (Phi) is 8.16. The predicted octanol–water partition coefficient (Wildman–Crippen LogP) is 2.53. The van der Waals surface area contributed by atoms with E-state index in [2.05, 4.69) is 4.98 Å². The van der Waals surface area contributed by atoms with E-state index in [0.717, 1.165) is 10.5 Å². The summed E-state index contributed by atoms with van der Waals surface area (Å²) in [6.45, 7) is -0.240. The third kappa shape index (κ3) is 5.75. The number of anilines is 2. The van der Waals surface area contributed by atoms with E-state index in [-0.39, 0.29) is 47.0 Å². The summed E-state index contributed by atoms with van der Waals surface area (Å²) in [6, 6.07) is 13.9. The molecule has 0 aliphatic rings. The minimum Gasteiger partial charge on any atom is -0.482 e. The number of nitrogens with one attached hydrogen (secondary N) is 1. The van der Waals surface area contributed by atoms with Gasteiger partial charge in [-0.1, -0.05) is 59.6 Å². The van der Waals surface area contributed by atoms with Gasteiger partial charge >= 0.3 is 5.69 Å². The molecular weight excluding hydrogens is 471 g/mol. The number of methoxy groups -OCH3 is 1. The van der Waals surface area contributed by atoms with Crippen LogP contribution in [0.2, 0.25) is 10.0 Å². The van der Waals surface area contributed by atoms with Crippen LogP contribution in [0.5, 0.6) is 5.75 Å². The molecule has 0 aliphatic heterocycles. The molecule has 0 spiro atoms. The van der Waals surface area contributed by atoms with Gasteiger partial charge in [0.25, 0.3) is 11.5 Å². The lowest BCUT2D eigenvalue weighted by Gasteiger charge is -2.24. The van der Waals surface area contributed by atoms with Crippen LogP contribution in [0, 0.1) is 0 Å². The van der Waals surface area contributed by atoms with Gasteiger partial charge in [-0.2, -0.15) is 0 Å². The van der Waals surface area contributed by atoms with Crippen molar-refractivity contribution in [3.8, 4) is 5.75 Å². The Hall–Kier alpha value is -3.27. The molecule has 0 unspecified atom stereocenters. The molecule has 0 aliphatic carbocycles. The second-order valence-corrected chi connectivity index (χ2v) is 7.73. The van der Waals surface area contributed by atoms with Crippen molar-refractivity contribution in [1.82, 2.24) is 9.55 Å². The van der Waals surface area contributed by atoms with E-state index >= 15 is 0 Å². The molecule has 3 N–H and O–H groups in total. The summed E-state index contributed by atoms with van der Waals surface area (Å²) in [4.78, 5) is 41.5. The highest BCUT2D eigenvalue weighted by molar-refractivity contribution is 6.42. The lowest BCUT2D eigenvalue weighted by Crippen LogP contribution is -2.44. The van der Waals surface area contributed by atoms with E-state index in [1.165, 1.54) is 11.7 Å². The molecule has 2 aromatic carbocycles. The van der Waals surface area contributed by atoms with E-state index in [1.54, 1.807) is 18.2 Å². The first-order valence-electron chi connectivity index (χ1n) is 9.86. The number of ether oxygens (including phenoxy) is 2. The largest absolute Gasteiger partial charge is 0.482 e. The fourth-order valence-electron chi connectivity index (χ4n) is 3.12. The average Bonchev–Trinajstić information content (AvgIpc) is 2.80. The Morgan fingerprint density at radius 2 is 1.85 bits per heavy atom. The molecule has 11 heteroatoms. The molecule has 3 rings (SSSR count). The normalized spacial score (nSPS) is 10.8. The number of nitrogens with zero attached hydrogens (tertiary/aromatic N) is 2. The van der Waals surface area contributed by atoms with Crippen LogP contribution in [-0.2, 0) is 16.1 Å². The third-order valence-electron chi connectivity index (χ3n) is 4.75. The van der Waals surface area contributed by atoms with Gasteiger partial charge in [-0.05, 0) is 17.7 Å². The number of hydrogen-bond acceptors (Lipinski definition) is 6. The molecule has 3 aromatic rings. The number of H-pyrrole nitrogens is 1. The van der Waals surface area contributed by atoms with Crippen molar-refractivity contribution >= 4 is 40.6 Å². The Morgan fingerprint density at radius 3 is 2.55 bits per heavy atom. The number of nitrogen functional groups attached to an aromatic ring is 1. The van der Waals surface area contributed by atoms with Crippen molar-refractivity contribution in [2.45, 2.75) is 6.54 Å². The molecule has 0 saturated heterocycles. The zero-order valence-corrected chi connectivity index (χ0v) is 19.2. The van der Waals surface area contributed by atoms with Crippen LogP contribution in [0.25, 0.3) is 0 Å². The van der Waals surface area contributed by atoms with Crippen molar-refractivity contribution in [2.24, 2.45) is 0 Å². The predicted molar refractivity (Wildman–Crippen MR) is 127 cm³/mol. The first-order valence-corrected chi connectivity index (χ1v) is 10.6. The van der Waals surface area contributed by atoms with Gasteiger partial charge in [0.15, 0.2) is 12.3 Å². The molecule has 0 atom stereocenters. The van der Waals surface area contributed by atoms with Crippen molar-refractivity contribution in [3.63, 3.8) is 0 Å². The molecule has 1 aromatic heterocycles. The molecular formula is C22H22Cl2N4O5. The van der Waals surface area contributed by atoms with Crippen molar-refractivity contribution in [3.05, 3.63) is 85.0 Å². The minimum atomic E-state index is -0.799. The quantitative estimate of drug-likeness (QED) is 0.473. The first-order chi connectivity index (χ1) is 15.8. The van der Waals surface area contributed by atoms with E-state index in [0.29, 0.717) is 0 Å². The summed E-state index contributed by atoms with van der Waals surface area (Å²) in [5, 5.41) is 0.427. The van der Waals surface area contributed by atoms with Gasteiger partial charge in [0.2, 0.25) is 0 Å². The molecule has 174 valence electrons. The Balaban J connectivity index is 1.95.